The first kappa shape index (κ1) is 15.1. The molecular weight excluding hydrogens is 337 g/mol. The van der Waals surface area contributed by atoms with Crippen LogP contribution in [-0.2, 0) is 12.7 Å². The topological polar surface area (TPSA) is 34.9 Å². The number of hydrogen-bond donors (Lipinski definition) is 0. The number of thiophene rings is 1. The Morgan fingerprint density at radius 1 is 1.25 bits per heavy atom. The Hall–Kier alpha value is -2.41. The minimum atomic E-state index is -4.46. The van der Waals surface area contributed by atoms with Gasteiger partial charge < -0.3 is 0 Å². The quantitative estimate of drug-likeness (QED) is 0.652. The van der Waals surface area contributed by atoms with Gasteiger partial charge in [-0.3, -0.25) is 9.36 Å². The summed E-state index contributed by atoms with van der Waals surface area (Å²) < 4.78 is 40.2. The third-order valence-corrected chi connectivity index (χ3v) is 4.76. The van der Waals surface area contributed by atoms with Crippen LogP contribution in [0.1, 0.15) is 23.4 Å². The van der Waals surface area contributed by atoms with E-state index in [-0.39, 0.29) is 16.5 Å². The highest BCUT2D eigenvalue weighted by molar-refractivity contribution is 7.08. The number of rotatable bonds is 1. The van der Waals surface area contributed by atoms with Crippen LogP contribution in [0.15, 0.2) is 39.8 Å². The molecule has 7 heteroatoms. The average molecular weight is 348 g/mol. The van der Waals surface area contributed by atoms with E-state index in [4.69, 9.17) is 0 Å². The molecule has 3 heterocycles. The summed E-state index contributed by atoms with van der Waals surface area (Å²) >= 11 is 1.56. The van der Waals surface area contributed by atoms with Crippen molar-refractivity contribution in [2.24, 2.45) is 0 Å². The lowest BCUT2D eigenvalue weighted by molar-refractivity contribution is -0.137. The second-order valence-corrected chi connectivity index (χ2v) is 6.38. The van der Waals surface area contributed by atoms with Gasteiger partial charge in [0, 0.05) is 6.54 Å². The number of benzene rings is 1. The number of hydrogen-bond acceptors (Lipinski definition) is 3. The minimum Gasteiger partial charge on any atom is -0.292 e. The fraction of sp³-hybridized carbons (Fsp3) is 0.176. The highest BCUT2D eigenvalue weighted by Gasteiger charge is 2.31. The molecule has 3 nitrogen and oxygen atoms in total. The monoisotopic (exact) mass is 348 g/mol. The van der Waals surface area contributed by atoms with Crippen LogP contribution in [0.5, 0.6) is 0 Å². The zero-order valence-electron chi connectivity index (χ0n) is 12.3. The van der Waals surface area contributed by atoms with Crippen molar-refractivity contribution in [1.82, 2.24) is 9.55 Å². The number of halogens is 3. The second-order valence-electron chi connectivity index (χ2n) is 5.60. The van der Waals surface area contributed by atoms with Crippen LogP contribution in [0.3, 0.4) is 0 Å². The largest absolute Gasteiger partial charge is 0.416 e. The summed E-state index contributed by atoms with van der Waals surface area (Å²) in [6, 6.07) is 5.02. The maximum Gasteiger partial charge on any atom is 0.416 e. The highest BCUT2D eigenvalue weighted by Crippen LogP contribution is 2.32. The molecule has 2 aromatic heterocycles. The fourth-order valence-electron chi connectivity index (χ4n) is 2.89. The summed E-state index contributed by atoms with van der Waals surface area (Å²) in [5.41, 5.74) is 0.858. The Morgan fingerprint density at radius 3 is 2.79 bits per heavy atom. The van der Waals surface area contributed by atoms with Crippen molar-refractivity contribution in [2.45, 2.75) is 19.1 Å². The molecule has 0 aliphatic carbocycles. The third kappa shape index (κ3) is 2.45. The Labute approximate surface area is 138 Å². The van der Waals surface area contributed by atoms with Gasteiger partial charge in [-0.2, -0.15) is 24.5 Å². The Balaban J connectivity index is 1.92. The van der Waals surface area contributed by atoms with Gasteiger partial charge in [-0.15, -0.1) is 0 Å². The molecular formula is C17H11F3N2OS. The first-order valence-corrected chi connectivity index (χ1v) is 8.23. The molecule has 0 atom stereocenters. The molecule has 4 rings (SSSR count). The van der Waals surface area contributed by atoms with Crippen LogP contribution in [0.2, 0.25) is 0 Å². The summed E-state index contributed by atoms with van der Waals surface area (Å²) in [4.78, 5) is 16.9. The van der Waals surface area contributed by atoms with E-state index in [0.29, 0.717) is 18.8 Å². The third-order valence-electron chi connectivity index (χ3n) is 4.06. The minimum absolute atomic E-state index is 0.0826. The van der Waals surface area contributed by atoms with Gasteiger partial charge in [0.25, 0.3) is 5.56 Å². The zero-order valence-corrected chi connectivity index (χ0v) is 13.1. The number of allylic oxidation sites excluding steroid dienone is 1. The van der Waals surface area contributed by atoms with Gasteiger partial charge in [0.2, 0.25) is 0 Å². The van der Waals surface area contributed by atoms with Crippen molar-refractivity contribution in [3.63, 3.8) is 0 Å². The smallest absolute Gasteiger partial charge is 0.292 e. The number of aromatic nitrogens is 2. The van der Waals surface area contributed by atoms with Gasteiger partial charge in [-0.1, -0.05) is 0 Å². The van der Waals surface area contributed by atoms with Crippen LogP contribution < -0.4 is 5.56 Å². The molecule has 1 aliphatic heterocycles. The van der Waals surface area contributed by atoms with E-state index in [2.05, 4.69) is 4.98 Å². The van der Waals surface area contributed by atoms with Crippen molar-refractivity contribution in [1.29, 1.82) is 0 Å². The van der Waals surface area contributed by atoms with Crippen molar-refractivity contribution < 1.29 is 13.2 Å². The van der Waals surface area contributed by atoms with Gasteiger partial charge >= 0.3 is 6.18 Å². The lowest BCUT2D eigenvalue weighted by Crippen LogP contribution is -2.21. The van der Waals surface area contributed by atoms with Crippen LogP contribution in [0.25, 0.3) is 22.6 Å². The Kier molecular flexibility index (Phi) is 3.35. The Bertz CT molecular complexity index is 1020. The normalized spacial score (nSPS) is 16.0. The summed E-state index contributed by atoms with van der Waals surface area (Å²) in [6.45, 7) is 0.494. The van der Waals surface area contributed by atoms with E-state index in [1.807, 2.05) is 22.9 Å². The molecule has 3 aromatic rings. The summed E-state index contributed by atoms with van der Waals surface area (Å²) in [6.07, 6.45) is -1.89. The maximum atomic E-state index is 12.9. The van der Waals surface area contributed by atoms with Gasteiger partial charge in [-0.05, 0) is 58.7 Å². The first-order chi connectivity index (χ1) is 11.4. The van der Waals surface area contributed by atoms with Crippen molar-refractivity contribution >= 4 is 33.9 Å². The molecule has 1 aliphatic rings. The average Bonchev–Trinajstić information content (AvgIpc) is 3.17. The van der Waals surface area contributed by atoms with Crippen molar-refractivity contribution in [2.75, 3.05) is 0 Å². The van der Waals surface area contributed by atoms with Crippen LogP contribution in [-0.4, -0.2) is 9.55 Å². The van der Waals surface area contributed by atoms with Crippen molar-refractivity contribution in [3.8, 4) is 0 Å². The molecule has 0 radical (unpaired) electrons. The van der Waals surface area contributed by atoms with Gasteiger partial charge in [-0.25, -0.2) is 4.98 Å². The van der Waals surface area contributed by atoms with E-state index < -0.39 is 11.7 Å². The molecule has 24 heavy (non-hydrogen) atoms. The van der Waals surface area contributed by atoms with Gasteiger partial charge in [0.05, 0.1) is 16.5 Å². The number of fused-ring (bicyclic) bond motifs is 2. The molecule has 0 saturated heterocycles. The van der Waals surface area contributed by atoms with Crippen molar-refractivity contribution in [3.05, 3.63) is 62.3 Å². The van der Waals surface area contributed by atoms with E-state index >= 15 is 0 Å². The van der Waals surface area contributed by atoms with Crippen LogP contribution >= 0.6 is 11.3 Å². The zero-order chi connectivity index (χ0) is 16.9. The molecule has 122 valence electrons. The number of nitrogens with zero attached hydrogens (tertiary/aromatic N) is 2. The SMILES string of the molecule is O=c1c2ccc(C(F)(F)F)cc2nc2n1CCC2=Cc1ccsc1. The molecule has 0 amide bonds. The first-order valence-electron chi connectivity index (χ1n) is 7.28. The van der Waals surface area contributed by atoms with Crippen LogP contribution in [0.4, 0.5) is 13.2 Å². The summed E-state index contributed by atoms with van der Waals surface area (Å²) in [5, 5.41) is 4.12. The maximum absolute atomic E-state index is 12.9. The fourth-order valence-corrected chi connectivity index (χ4v) is 3.51. The van der Waals surface area contributed by atoms with Gasteiger partial charge in [0.1, 0.15) is 5.82 Å². The predicted octanol–water partition coefficient (Wildman–Crippen LogP) is 4.42. The molecule has 0 fully saturated rings. The van der Waals surface area contributed by atoms with E-state index in [0.717, 1.165) is 23.3 Å². The molecule has 0 N–H and O–H groups in total. The van der Waals surface area contributed by atoms with E-state index in [1.54, 1.807) is 11.3 Å². The summed E-state index contributed by atoms with van der Waals surface area (Å²) in [5.74, 6) is 0.457. The van der Waals surface area contributed by atoms with E-state index in [1.165, 1.54) is 10.6 Å². The van der Waals surface area contributed by atoms with Crippen LogP contribution in [0, 0.1) is 0 Å². The standard InChI is InChI=1S/C17H11F3N2OS/c18-17(19,20)12-1-2-13-14(8-12)21-15-11(3-5-22(15)16(13)23)7-10-4-6-24-9-10/h1-2,4,6-9H,3,5H2. The van der Waals surface area contributed by atoms with Gasteiger partial charge in [0.15, 0.2) is 0 Å². The highest BCUT2D eigenvalue weighted by atomic mass is 32.1. The molecule has 1 aromatic carbocycles. The Morgan fingerprint density at radius 2 is 2.08 bits per heavy atom. The summed E-state index contributed by atoms with van der Waals surface area (Å²) in [7, 11) is 0. The predicted molar refractivity (Wildman–Crippen MR) is 87.8 cm³/mol. The molecule has 0 bridgehead atoms. The molecule has 0 saturated carbocycles. The molecule has 0 spiro atoms. The lowest BCUT2D eigenvalue weighted by atomic mass is 10.1. The number of alkyl halides is 3. The lowest BCUT2D eigenvalue weighted by Gasteiger charge is -2.09. The van der Waals surface area contributed by atoms with E-state index in [9.17, 15) is 18.0 Å². The molecule has 0 unspecified atom stereocenters. The second kappa shape index (κ2) is 5.31.